The molecule has 1 rings (SSSR count). The maximum atomic E-state index is 12.9. The molecule has 3 atom stereocenters. The molecule has 0 aromatic rings. The second-order valence-electron chi connectivity index (χ2n) is 11.2. The van der Waals surface area contributed by atoms with Crippen LogP contribution in [0.15, 0.2) is 12.2 Å². The van der Waals surface area contributed by atoms with Gasteiger partial charge in [0, 0.05) is 0 Å². The molecule has 1 N–H and O–H groups in total. The largest absolute Gasteiger partial charge is 0.481 e. The lowest BCUT2D eigenvalue weighted by molar-refractivity contribution is -0.160. The highest BCUT2D eigenvalue weighted by Crippen LogP contribution is 2.28. The maximum absolute atomic E-state index is 12.9. The minimum Gasteiger partial charge on any atom is -0.481 e. The van der Waals surface area contributed by atoms with E-state index < -0.39 is 17.8 Å². The van der Waals surface area contributed by atoms with Crippen LogP contribution in [0.5, 0.6) is 0 Å². The molecule has 0 spiro atoms. The van der Waals surface area contributed by atoms with Gasteiger partial charge in [0.15, 0.2) is 0 Å². The first-order valence-electron chi connectivity index (χ1n) is 15.1. The number of ether oxygens (including phenoxy) is 1. The van der Waals surface area contributed by atoms with Crippen molar-refractivity contribution in [2.45, 2.75) is 155 Å². The van der Waals surface area contributed by atoms with Crippen LogP contribution in [0.1, 0.15) is 149 Å². The van der Waals surface area contributed by atoms with Crippen LogP contribution in [-0.2, 0) is 14.3 Å². The Bertz CT molecular complexity index is 568. The molecule has 0 saturated carbocycles. The monoisotopic (exact) mass is 492 g/mol. The number of allylic oxidation sites excluding steroid dienone is 1. The molecule has 0 aliphatic heterocycles. The van der Waals surface area contributed by atoms with E-state index in [2.05, 4.69) is 20.8 Å². The summed E-state index contributed by atoms with van der Waals surface area (Å²) in [6.07, 6.45) is 27.1. The highest BCUT2D eigenvalue weighted by molar-refractivity contribution is 5.83. The summed E-state index contributed by atoms with van der Waals surface area (Å²) >= 11 is 0. The highest BCUT2D eigenvalue weighted by atomic mass is 16.5. The minimum atomic E-state index is -0.886. The summed E-state index contributed by atoms with van der Waals surface area (Å²) in [7, 11) is 0. The topological polar surface area (TPSA) is 63.6 Å². The number of aliphatic carboxylic acids is 1. The maximum Gasteiger partial charge on any atom is 0.313 e. The summed E-state index contributed by atoms with van der Waals surface area (Å²) in [4.78, 5) is 24.5. The van der Waals surface area contributed by atoms with Crippen LogP contribution in [0.4, 0.5) is 0 Å². The van der Waals surface area contributed by atoms with Crippen molar-refractivity contribution in [1.82, 2.24) is 0 Å². The first kappa shape index (κ1) is 31.7. The van der Waals surface area contributed by atoms with E-state index in [4.69, 9.17) is 4.74 Å². The van der Waals surface area contributed by atoms with Crippen molar-refractivity contribution >= 4 is 11.9 Å². The Labute approximate surface area is 216 Å². The Morgan fingerprint density at radius 3 is 1.77 bits per heavy atom. The molecule has 1 aliphatic rings. The molecule has 0 amide bonds. The summed E-state index contributed by atoms with van der Waals surface area (Å²) < 4.78 is 5.95. The number of rotatable bonds is 22. The number of hydrogen-bond acceptors (Lipinski definition) is 3. The van der Waals surface area contributed by atoms with E-state index in [1.54, 1.807) is 6.08 Å². The second-order valence-corrected chi connectivity index (χ2v) is 11.2. The fraction of sp³-hybridized carbons (Fsp3) is 0.871. The smallest absolute Gasteiger partial charge is 0.313 e. The fourth-order valence-electron chi connectivity index (χ4n) is 5.17. The Hall–Kier alpha value is -1.32. The third-order valence-electron chi connectivity index (χ3n) is 7.48. The predicted octanol–water partition coefficient (Wildman–Crippen LogP) is 9.26. The van der Waals surface area contributed by atoms with Gasteiger partial charge in [0.2, 0.25) is 0 Å². The SMILES string of the molecule is CCCCCCCCCCCCCC(CCCCCCC(C)C)OC(=O)C1C=CCCC1C(=O)O. The Morgan fingerprint density at radius 1 is 0.800 bits per heavy atom. The van der Waals surface area contributed by atoms with Crippen LogP contribution in [0.2, 0.25) is 0 Å². The van der Waals surface area contributed by atoms with E-state index in [0.717, 1.165) is 38.0 Å². The molecule has 0 bridgehead atoms. The number of carboxylic acids is 1. The van der Waals surface area contributed by atoms with Crippen molar-refractivity contribution in [3.05, 3.63) is 12.2 Å². The van der Waals surface area contributed by atoms with Gasteiger partial charge in [0.1, 0.15) is 6.10 Å². The predicted molar refractivity (Wildman–Crippen MR) is 146 cm³/mol. The van der Waals surface area contributed by atoms with Crippen molar-refractivity contribution in [3.8, 4) is 0 Å². The lowest BCUT2D eigenvalue weighted by Crippen LogP contribution is -2.33. The molecule has 4 nitrogen and oxygen atoms in total. The molecular formula is C31H56O4. The van der Waals surface area contributed by atoms with Crippen LogP contribution >= 0.6 is 0 Å². The normalized spacial score (nSPS) is 18.6. The van der Waals surface area contributed by atoms with Crippen molar-refractivity contribution in [2.24, 2.45) is 17.8 Å². The zero-order valence-corrected chi connectivity index (χ0v) is 23.3. The summed E-state index contributed by atoms with van der Waals surface area (Å²) in [5.74, 6) is -1.74. The molecule has 3 unspecified atom stereocenters. The standard InChI is InChI=1S/C31H56O4/c1-4-5-6-7-8-9-10-11-12-13-17-22-27(23-18-15-14-16-21-26(2)3)35-31(34)29-25-20-19-24-28(29)30(32)33/h20,25-29H,4-19,21-24H2,1-3H3,(H,32,33). The van der Waals surface area contributed by atoms with Crippen molar-refractivity contribution in [2.75, 3.05) is 0 Å². The number of esters is 1. The summed E-state index contributed by atoms with van der Waals surface area (Å²) in [5.41, 5.74) is 0. The number of carboxylic acid groups (broad SMARTS) is 1. The van der Waals surface area contributed by atoms with Gasteiger partial charge in [-0.2, -0.15) is 0 Å². The van der Waals surface area contributed by atoms with Crippen molar-refractivity contribution in [1.29, 1.82) is 0 Å². The van der Waals surface area contributed by atoms with Gasteiger partial charge in [-0.3, -0.25) is 9.59 Å². The Balaban J connectivity index is 2.37. The number of carbonyl (C=O) groups is 2. The van der Waals surface area contributed by atoms with E-state index in [1.165, 1.54) is 89.9 Å². The van der Waals surface area contributed by atoms with Crippen LogP contribution in [0.3, 0.4) is 0 Å². The van der Waals surface area contributed by atoms with E-state index in [0.29, 0.717) is 6.42 Å². The first-order valence-corrected chi connectivity index (χ1v) is 15.1. The Kier molecular flexibility index (Phi) is 18.9. The van der Waals surface area contributed by atoms with Gasteiger partial charge in [-0.05, 0) is 44.4 Å². The third-order valence-corrected chi connectivity index (χ3v) is 7.48. The Morgan fingerprint density at radius 2 is 1.29 bits per heavy atom. The minimum absolute atomic E-state index is 0.0732. The van der Waals surface area contributed by atoms with Crippen molar-refractivity contribution < 1.29 is 19.4 Å². The second kappa shape index (κ2) is 20.8. The summed E-state index contributed by atoms with van der Waals surface area (Å²) in [6.45, 7) is 6.81. The van der Waals surface area contributed by atoms with Crippen LogP contribution < -0.4 is 0 Å². The fourth-order valence-corrected chi connectivity index (χ4v) is 5.17. The molecule has 35 heavy (non-hydrogen) atoms. The molecule has 0 aromatic heterocycles. The molecule has 204 valence electrons. The lowest BCUT2D eigenvalue weighted by atomic mass is 9.84. The lowest BCUT2D eigenvalue weighted by Gasteiger charge is -2.26. The average Bonchev–Trinajstić information content (AvgIpc) is 2.84. The summed E-state index contributed by atoms with van der Waals surface area (Å²) in [6, 6.07) is 0. The molecular weight excluding hydrogens is 436 g/mol. The van der Waals surface area contributed by atoms with Gasteiger partial charge < -0.3 is 9.84 Å². The van der Waals surface area contributed by atoms with Crippen LogP contribution in [-0.4, -0.2) is 23.1 Å². The number of carbonyl (C=O) groups excluding carboxylic acids is 1. The van der Waals surface area contributed by atoms with Gasteiger partial charge in [-0.1, -0.05) is 123 Å². The molecule has 4 heteroatoms. The quantitative estimate of drug-likeness (QED) is 0.0929. The molecule has 1 aliphatic carbocycles. The van der Waals surface area contributed by atoms with Gasteiger partial charge in [0.25, 0.3) is 0 Å². The van der Waals surface area contributed by atoms with Crippen molar-refractivity contribution in [3.63, 3.8) is 0 Å². The van der Waals surface area contributed by atoms with E-state index in [9.17, 15) is 14.7 Å². The average molecular weight is 493 g/mol. The molecule has 0 aromatic carbocycles. The molecule has 0 radical (unpaired) electrons. The van der Waals surface area contributed by atoms with Gasteiger partial charge in [-0.15, -0.1) is 0 Å². The van der Waals surface area contributed by atoms with E-state index in [1.807, 2.05) is 6.08 Å². The van der Waals surface area contributed by atoms with Crippen LogP contribution in [0, 0.1) is 17.8 Å². The van der Waals surface area contributed by atoms with Crippen LogP contribution in [0.25, 0.3) is 0 Å². The van der Waals surface area contributed by atoms with Gasteiger partial charge in [0.05, 0.1) is 11.8 Å². The molecule has 0 fully saturated rings. The molecule has 0 heterocycles. The molecule has 0 saturated heterocycles. The first-order chi connectivity index (χ1) is 17.0. The number of unbranched alkanes of at least 4 members (excludes halogenated alkanes) is 13. The number of hydrogen-bond donors (Lipinski definition) is 1. The zero-order valence-electron chi connectivity index (χ0n) is 23.3. The zero-order chi connectivity index (χ0) is 25.7. The third kappa shape index (κ3) is 16.1. The summed E-state index contributed by atoms with van der Waals surface area (Å²) in [5, 5.41) is 9.53. The van der Waals surface area contributed by atoms with Gasteiger partial charge in [-0.25, -0.2) is 0 Å². The highest BCUT2D eigenvalue weighted by Gasteiger charge is 2.35. The van der Waals surface area contributed by atoms with Gasteiger partial charge >= 0.3 is 11.9 Å². The van der Waals surface area contributed by atoms with E-state index in [-0.39, 0.29) is 12.1 Å². The van der Waals surface area contributed by atoms with E-state index >= 15 is 0 Å².